The van der Waals surface area contributed by atoms with Crippen LogP contribution in [0, 0.1) is 0 Å². The Morgan fingerprint density at radius 2 is 2.17 bits per heavy atom. The topological polar surface area (TPSA) is 28.2 Å². The van der Waals surface area contributed by atoms with Crippen LogP contribution in [0.4, 0.5) is 0 Å². The molecule has 3 heterocycles. The molecule has 1 aromatic rings. The van der Waals surface area contributed by atoms with Gasteiger partial charge in [-0.15, -0.1) is 11.3 Å². The smallest absolute Gasteiger partial charge is 0.0794 e. The average Bonchev–Trinajstić information content (AvgIpc) is 2.95. The van der Waals surface area contributed by atoms with Crippen LogP contribution in [0.2, 0.25) is 0 Å². The second-order valence-corrected chi connectivity index (χ2v) is 6.62. The summed E-state index contributed by atoms with van der Waals surface area (Å²) in [5.41, 5.74) is 1.95. The van der Waals surface area contributed by atoms with E-state index in [0.717, 1.165) is 24.7 Å². The molecule has 3 rings (SSSR count). The number of hydrogen-bond acceptors (Lipinski definition) is 4. The number of piperidine rings is 1. The molecule has 0 saturated carbocycles. The minimum absolute atomic E-state index is 0.764. The third-order valence-electron chi connectivity index (χ3n) is 4.39. The van der Waals surface area contributed by atoms with Crippen molar-refractivity contribution in [2.24, 2.45) is 0 Å². The van der Waals surface area contributed by atoms with Crippen LogP contribution in [-0.2, 0) is 6.54 Å². The van der Waals surface area contributed by atoms with Crippen LogP contribution < -0.4 is 5.32 Å². The number of thiazole rings is 1. The third-order valence-corrected chi connectivity index (χ3v) is 5.15. The van der Waals surface area contributed by atoms with Gasteiger partial charge in [0.25, 0.3) is 0 Å². The van der Waals surface area contributed by atoms with Crippen molar-refractivity contribution in [1.82, 2.24) is 15.2 Å². The lowest BCUT2D eigenvalue weighted by Gasteiger charge is -2.39. The highest BCUT2D eigenvalue weighted by atomic mass is 32.1. The van der Waals surface area contributed by atoms with Crippen LogP contribution >= 0.6 is 11.3 Å². The van der Waals surface area contributed by atoms with Crippen LogP contribution in [0.1, 0.15) is 43.9 Å². The molecule has 3 nitrogen and oxygen atoms in total. The summed E-state index contributed by atoms with van der Waals surface area (Å²) in [7, 11) is 0. The molecular formula is C14H23N3S. The Morgan fingerprint density at radius 3 is 2.78 bits per heavy atom. The summed E-state index contributed by atoms with van der Waals surface area (Å²) in [6.07, 6.45) is 8.76. The molecule has 0 amide bonds. The summed E-state index contributed by atoms with van der Waals surface area (Å²) < 4.78 is 0. The first-order valence-electron chi connectivity index (χ1n) is 7.23. The minimum Gasteiger partial charge on any atom is -0.314 e. The van der Waals surface area contributed by atoms with Gasteiger partial charge in [0.2, 0.25) is 0 Å². The summed E-state index contributed by atoms with van der Waals surface area (Å²) >= 11 is 1.79. The van der Waals surface area contributed by atoms with E-state index in [1.54, 1.807) is 11.3 Å². The zero-order chi connectivity index (χ0) is 12.4. The van der Waals surface area contributed by atoms with Gasteiger partial charge in [0.1, 0.15) is 0 Å². The standard InChI is InChI=1S/C14H23N3S/c1-2-5-16-11-6-12-3-4-13(7-11)17(12)9-14-8-15-10-18-14/h8,10-13,16H,2-7,9H2,1H3. The molecule has 2 unspecified atom stereocenters. The van der Waals surface area contributed by atoms with E-state index in [4.69, 9.17) is 0 Å². The fourth-order valence-corrected chi connectivity index (χ4v) is 4.15. The van der Waals surface area contributed by atoms with E-state index in [2.05, 4.69) is 22.1 Å². The second kappa shape index (κ2) is 5.68. The van der Waals surface area contributed by atoms with Gasteiger partial charge in [-0.05, 0) is 38.6 Å². The number of nitrogens with one attached hydrogen (secondary N) is 1. The van der Waals surface area contributed by atoms with Crippen molar-refractivity contribution in [2.75, 3.05) is 6.54 Å². The number of fused-ring (bicyclic) bond motifs is 2. The van der Waals surface area contributed by atoms with Crippen LogP contribution in [0.5, 0.6) is 0 Å². The number of aromatic nitrogens is 1. The van der Waals surface area contributed by atoms with Crippen molar-refractivity contribution in [2.45, 2.75) is 63.7 Å². The highest BCUT2D eigenvalue weighted by Gasteiger charge is 2.40. The highest BCUT2D eigenvalue weighted by molar-refractivity contribution is 7.09. The molecule has 100 valence electrons. The van der Waals surface area contributed by atoms with E-state index in [1.807, 2.05) is 11.7 Å². The monoisotopic (exact) mass is 265 g/mol. The lowest BCUT2D eigenvalue weighted by molar-refractivity contribution is 0.110. The first kappa shape index (κ1) is 12.6. The molecule has 2 aliphatic rings. The molecule has 2 saturated heterocycles. The minimum atomic E-state index is 0.764. The van der Waals surface area contributed by atoms with Gasteiger partial charge < -0.3 is 5.32 Å². The molecule has 0 spiro atoms. The molecule has 18 heavy (non-hydrogen) atoms. The summed E-state index contributed by atoms with van der Waals surface area (Å²) in [4.78, 5) is 8.35. The van der Waals surface area contributed by atoms with Crippen molar-refractivity contribution in [1.29, 1.82) is 0 Å². The van der Waals surface area contributed by atoms with Gasteiger partial charge in [0.05, 0.1) is 5.51 Å². The predicted octanol–water partition coefficient (Wildman–Crippen LogP) is 2.64. The molecule has 2 atom stereocenters. The van der Waals surface area contributed by atoms with E-state index in [1.165, 1.54) is 43.5 Å². The summed E-state index contributed by atoms with van der Waals surface area (Å²) in [6.45, 7) is 4.56. The molecule has 0 aromatic carbocycles. The van der Waals surface area contributed by atoms with E-state index in [-0.39, 0.29) is 0 Å². The second-order valence-electron chi connectivity index (χ2n) is 5.65. The predicted molar refractivity (Wildman–Crippen MR) is 75.8 cm³/mol. The number of rotatable bonds is 5. The Balaban J connectivity index is 1.59. The zero-order valence-electron chi connectivity index (χ0n) is 11.1. The molecule has 0 aliphatic carbocycles. The molecule has 4 heteroatoms. The lowest BCUT2D eigenvalue weighted by Crippen LogP contribution is -2.48. The Bertz CT molecular complexity index is 351. The van der Waals surface area contributed by atoms with Gasteiger partial charge in [0, 0.05) is 35.7 Å². The van der Waals surface area contributed by atoms with Crippen LogP contribution in [-0.4, -0.2) is 34.6 Å². The SMILES string of the molecule is CCCNC1CC2CCC(C1)N2Cc1cncs1. The van der Waals surface area contributed by atoms with Gasteiger partial charge in [-0.1, -0.05) is 6.92 Å². The molecular weight excluding hydrogens is 242 g/mol. The highest BCUT2D eigenvalue weighted by Crippen LogP contribution is 2.37. The van der Waals surface area contributed by atoms with Gasteiger partial charge in [-0.3, -0.25) is 9.88 Å². The summed E-state index contributed by atoms with van der Waals surface area (Å²) in [5, 5.41) is 3.72. The summed E-state index contributed by atoms with van der Waals surface area (Å²) in [6, 6.07) is 2.38. The first-order chi connectivity index (χ1) is 8.86. The number of hydrogen-bond donors (Lipinski definition) is 1. The Morgan fingerprint density at radius 1 is 1.39 bits per heavy atom. The zero-order valence-corrected chi connectivity index (χ0v) is 12.0. The fraction of sp³-hybridized carbons (Fsp3) is 0.786. The fourth-order valence-electron chi connectivity index (χ4n) is 3.55. The van der Waals surface area contributed by atoms with Crippen molar-refractivity contribution >= 4 is 11.3 Å². The van der Waals surface area contributed by atoms with Gasteiger partial charge in [-0.2, -0.15) is 0 Å². The van der Waals surface area contributed by atoms with Gasteiger partial charge in [-0.25, -0.2) is 0 Å². The largest absolute Gasteiger partial charge is 0.314 e. The normalized spacial score (nSPS) is 31.9. The summed E-state index contributed by atoms with van der Waals surface area (Å²) in [5.74, 6) is 0. The van der Waals surface area contributed by atoms with Gasteiger partial charge in [0.15, 0.2) is 0 Å². The van der Waals surface area contributed by atoms with Crippen molar-refractivity contribution in [3.63, 3.8) is 0 Å². The van der Waals surface area contributed by atoms with Crippen LogP contribution in [0.3, 0.4) is 0 Å². The van der Waals surface area contributed by atoms with Gasteiger partial charge >= 0.3 is 0 Å². The third kappa shape index (κ3) is 2.60. The maximum atomic E-state index is 4.19. The maximum absolute atomic E-state index is 4.19. The van der Waals surface area contributed by atoms with E-state index in [0.29, 0.717) is 0 Å². The molecule has 0 radical (unpaired) electrons. The Kier molecular flexibility index (Phi) is 3.97. The Hall–Kier alpha value is -0.450. The van der Waals surface area contributed by atoms with Crippen molar-refractivity contribution in [3.05, 3.63) is 16.6 Å². The molecule has 1 aromatic heterocycles. The van der Waals surface area contributed by atoms with Crippen molar-refractivity contribution < 1.29 is 0 Å². The molecule has 1 N–H and O–H groups in total. The van der Waals surface area contributed by atoms with Crippen molar-refractivity contribution in [3.8, 4) is 0 Å². The Labute approximate surface area is 114 Å². The molecule has 2 bridgehead atoms. The maximum Gasteiger partial charge on any atom is 0.0794 e. The first-order valence-corrected chi connectivity index (χ1v) is 8.11. The van der Waals surface area contributed by atoms with E-state index in [9.17, 15) is 0 Å². The number of nitrogens with zero attached hydrogens (tertiary/aromatic N) is 2. The quantitative estimate of drug-likeness (QED) is 0.887. The van der Waals surface area contributed by atoms with E-state index < -0.39 is 0 Å². The van der Waals surface area contributed by atoms with Crippen LogP contribution in [0.15, 0.2) is 11.7 Å². The average molecular weight is 265 g/mol. The molecule has 2 aliphatic heterocycles. The molecule has 2 fully saturated rings. The lowest BCUT2D eigenvalue weighted by atomic mass is 9.97. The van der Waals surface area contributed by atoms with Crippen LogP contribution in [0.25, 0.3) is 0 Å². The van der Waals surface area contributed by atoms with E-state index >= 15 is 0 Å².